The monoisotopic (exact) mass is 237 g/mol. The lowest BCUT2D eigenvalue weighted by Crippen LogP contribution is -1.99. The molecule has 0 atom stereocenters. The van der Waals surface area contributed by atoms with Crippen LogP contribution < -0.4 is 5.73 Å². The fourth-order valence-corrected chi connectivity index (χ4v) is 1.71. The number of hydrogen-bond donors (Lipinski definition) is 1. The minimum atomic E-state index is 0.436. The highest BCUT2D eigenvalue weighted by molar-refractivity contribution is 6.13. The predicted octanol–water partition coefficient (Wildman–Crippen LogP) is 2.19. The van der Waals surface area contributed by atoms with Gasteiger partial charge in [-0.15, -0.1) is 0 Å². The topological polar surface area (TPSA) is 56.0 Å². The number of carbonyl (C=O) groups excluding carboxylic acids is 1. The average molecular weight is 237 g/mol. The minimum absolute atomic E-state index is 0.436. The molecule has 18 heavy (non-hydrogen) atoms. The van der Waals surface area contributed by atoms with Crippen molar-refractivity contribution < 1.29 is 4.79 Å². The number of pyridine rings is 1. The first kappa shape index (κ1) is 12.2. The van der Waals surface area contributed by atoms with Crippen LogP contribution in [0.25, 0.3) is 11.6 Å². The molecule has 0 aliphatic rings. The van der Waals surface area contributed by atoms with Gasteiger partial charge in [0.25, 0.3) is 0 Å². The van der Waals surface area contributed by atoms with Gasteiger partial charge < -0.3 is 5.73 Å². The summed E-state index contributed by atoms with van der Waals surface area (Å²) in [7, 11) is 0. The molecule has 1 heterocycles. The number of allylic oxidation sites excluding steroid dienone is 1. The van der Waals surface area contributed by atoms with Gasteiger partial charge in [-0.3, -0.25) is 9.78 Å². The van der Waals surface area contributed by atoms with Crippen LogP contribution in [0.15, 0.2) is 48.8 Å². The third-order valence-corrected chi connectivity index (χ3v) is 2.66. The van der Waals surface area contributed by atoms with Gasteiger partial charge in [-0.2, -0.15) is 0 Å². The highest BCUT2D eigenvalue weighted by Crippen LogP contribution is 2.17. The highest BCUT2D eigenvalue weighted by atomic mass is 16.1. The van der Waals surface area contributed by atoms with E-state index in [2.05, 4.69) is 4.98 Å². The van der Waals surface area contributed by atoms with E-state index in [1.807, 2.05) is 36.6 Å². The third-order valence-electron chi connectivity index (χ3n) is 2.66. The fraction of sp³-hybridized carbons (Fsp3) is 0.0667. The highest BCUT2D eigenvalue weighted by Gasteiger charge is 2.03. The van der Waals surface area contributed by atoms with Crippen LogP contribution in [0.2, 0.25) is 0 Å². The molecular weight excluding hydrogens is 224 g/mol. The maximum atomic E-state index is 11.1. The molecule has 0 bridgehead atoms. The summed E-state index contributed by atoms with van der Waals surface area (Å²) in [5, 5.41) is 0. The van der Waals surface area contributed by atoms with Gasteiger partial charge in [-0.1, -0.05) is 30.3 Å². The van der Waals surface area contributed by atoms with Gasteiger partial charge in [0, 0.05) is 30.1 Å². The Morgan fingerprint density at radius 2 is 2.11 bits per heavy atom. The second-order valence-electron chi connectivity index (χ2n) is 3.80. The van der Waals surface area contributed by atoms with Crippen LogP contribution in [-0.4, -0.2) is 11.3 Å². The van der Waals surface area contributed by atoms with Crippen LogP contribution in [0.3, 0.4) is 0 Å². The molecule has 0 fully saturated rings. The molecule has 3 nitrogen and oxygen atoms in total. The Bertz CT molecular complexity index is 562. The summed E-state index contributed by atoms with van der Waals surface area (Å²) in [5.74, 6) is 0. The zero-order chi connectivity index (χ0) is 12.8. The van der Waals surface area contributed by atoms with Gasteiger partial charge in [-0.25, -0.2) is 0 Å². The second kappa shape index (κ2) is 5.89. The first-order valence-corrected chi connectivity index (χ1v) is 5.63. The number of aromatic nitrogens is 1. The summed E-state index contributed by atoms with van der Waals surface area (Å²) in [5.41, 5.74) is 8.82. The number of hydrogen-bond acceptors (Lipinski definition) is 3. The SMILES string of the molecule is NCc1ccccc1C=C([C]=O)c1cccnc1. The molecule has 1 radical (unpaired) electrons. The smallest absolute Gasteiger partial charge is 0.234 e. The molecule has 2 aromatic rings. The summed E-state index contributed by atoms with van der Waals surface area (Å²) < 4.78 is 0. The zero-order valence-electron chi connectivity index (χ0n) is 9.84. The molecule has 3 heteroatoms. The quantitative estimate of drug-likeness (QED) is 0.829. The number of benzene rings is 1. The minimum Gasteiger partial charge on any atom is -0.326 e. The van der Waals surface area contributed by atoms with Crippen molar-refractivity contribution in [2.45, 2.75) is 6.54 Å². The molecule has 2 N–H and O–H groups in total. The maximum Gasteiger partial charge on any atom is 0.234 e. The van der Waals surface area contributed by atoms with Crippen LogP contribution >= 0.6 is 0 Å². The first-order chi connectivity index (χ1) is 8.85. The van der Waals surface area contributed by atoms with E-state index in [4.69, 9.17) is 5.73 Å². The second-order valence-corrected chi connectivity index (χ2v) is 3.80. The summed E-state index contributed by atoms with van der Waals surface area (Å²) in [4.78, 5) is 15.1. The molecule has 1 aromatic heterocycles. The summed E-state index contributed by atoms with van der Waals surface area (Å²) in [6.45, 7) is 0.436. The normalized spacial score (nSPS) is 11.3. The number of rotatable bonds is 4. The molecule has 0 amide bonds. The van der Waals surface area contributed by atoms with Crippen LogP contribution in [0.1, 0.15) is 16.7 Å². The van der Waals surface area contributed by atoms with Crippen LogP contribution in [-0.2, 0) is 11.3 Å². The molecule has 0 aliphatic carbocycles. The molecule has 2 rings (SSSR count). The number of nitrogens with zero attached hydrogens (tertiary/aromatic N) is 1. The molecule has 0 spiro atoms. The third kappa shape index (κ3) is 2.70. The van der Waals surface area contributed by atoms with E-state index < -0.39 is 0 Å². The molecular formula is C15H13N2O. The van der Waals surface area contributed by atoms with Crippen molar-refractivity contribution in [1.82, 2.24) is 4.98 Å². The van der Waals surface area contributed by atoms with Gasteiger partial charge in [0.1, 0.15) is 0 Å². The lowest BCUT2D eigenvalue weighted by molar-refractivity contribution is 0.565. The van der Waals surface area contributed by atoms with E-state index in [0.29, 0.717) is 12.1 Å². The molecule has 1 aromatic carbocycles. The van der Waals surface area contributed by atoms with Crippen molar-refractivity contribution in [2.24, 2.45) is 5.73 Å². The average Bonchev–Trinajstić information content (AvgIpc) is 2.46. The van der Waals surface area contributed by atoms with E-state index >= 15 is 0 Å². The Balaban J connectivity index is 2.44. The molecule has 0 unspecified atom stereocenters. The Morgan fingerprint density at radius 3 is 2.78 bits per heavy atom. The summed E-state index contributed by atoms with van der Waals surface area (Å²) in [6.07, 6.45) is 7.04. The van der Waals surface area contributed by atoms with E-state index in [0.717, 1.165) is 16.7 Å². The van der Waals surface area contributed by atoms with E-state index in [1.165, 1.54) is 0 Å². The van der Waals surface area contributed by atoms with Crippen LogP contribution in [0.5, 0.6) is 0 Å². The summed E-state index contributed by atoms with van der Waals surface area (Å²) >= 11 is 0. The molecule has 0 saturated heterocycles. The molecule has 0 aliphatic heterocycles. The van der Waals surface area contributed by atoms with E-state index in [1.54, 1.807) is 24.5 Å². The van der Waals surface area contributed by atoms with Crippen molar-refractivity contribution in [1.29, 1.82) is 0 Å². The van der Waals surface area contributed by atoms with Crippen molar-refractivity contribution in [2.75, 3.05) is 0 Å². The van der Waals surface area contributed by atoms with Crippen LogP contribution in [0, 0.1) is 0 Å². The molecule has 0 saturated carbocycles. The predicted molar refractivity (Wildman–Crippen MR) is 72.1 cm³/mol. The summed E-state index contributed by atoms with van der Waals surface area (Å²) in [6, 6.07) is 11.3. The lowest BCUT2D eigenvalue weighted by Gasteiger charge is -2.04. The van der Waals surface area contributed by atoms with Gasteiger partial charge >= 0.3 is 0 Å². The maximum absolute atomic E-state index is 11.1. The van der Waals surface area contributed by atoms with Gasteiger partial charge in [-0.05, 0) is 23.3 Å². The van der Waals surface area contributed by atoms with Gasteiger partial charge in [0.05, 0.1) is 0 Å². The zero-order valence-corrected chi connectivity index (χ0v) is 9.84. The van der Waals surface area contributed by atoms with Crippen molar-refractivity contribution in [3.63, 3.8) is 0 Å². The van der Waals surface area contributed by atoms with Crippen LogP contribution in [0.4, 0.5) is 0 Å². The van der Waals surface area contributed by atoms with Crippen molar-refractivity contribution >= 4 is 17.9 Å². The fourth-order valence-electron chi connectivity index (χ4n) is 1.71. The standard InChI is InChI=1S/C15H13N2O/c16-9-13-5-2-1-4-12(13)8-15(11-18)14-6-3-7-17-10-14/h1-8,10H,9,16H2. The Labute approximate surface area is 106 Å². The molecule has 89 valence electrons. The van der Waals surface area contributed by atoms with E-state index in [9.17, 15) is 4.79 Å². The lowest BCUT2D eigenvalue weighted by atomic mass is 10.0. The van der Waals surface area contributed by atoms with E-state index in [-0.39, 0.29) is 0 Å². The van der Waals surface area contributed by atoms with Crippen molar-refractivity contribution in [3.8, 4) is 0 Å². The Morgan fingerprint density at radius 1 is 1.28 bits per heavy atom. The largest absolute Gasteiger partial charge is 0.326 e. The van der Waals surface area contributed by atoms with Gasteiger partial charge in [0.15, 0.2) is 0 Å². The first-order valence-electron chi connectivity index (χ1n) is 5.63. The van der Waals surface area contributed by atoms with Gasteiger partial charge in [0.2, 0.25) is 6.29 Å². The van der Waals surface area contributed by atoms with Crippen molar-refractivity contribution in [3.05, 3.63) is 65.5 Å². The Hall–Kier alpha value is -2.26. The Kier molecular flexibility index (Phi) is 3.99. The number of nitrogens with two attached hydrogens (primary N) is 1.